The van der Waals surface area contributed by atoms with Gasteiger partial charge in [0.25, 0.3) is 0 Å². The van der Waals surface area contributed by atoms with Crippen molar-refractivity contribution in [3.05, 3.63) is 63.9 Å². The molecule has 0 bridgehead atoms. The van der Waals surface area contributed by atoms with Gasteiger partial charge < -0.3 is 9.64 Å². The van der Waals surface area contributed by atoms with Crippen molar-refractivity contribution < 1.29 is 9.13 Å². The van der Waals surface area contributed by atoms with Crippen LogP contribution in [0.1, 0.15) is 24.2 Å². The van der Waals surface area contributed by atoms with Gasteiger partial charge in [0, 0.05) is 29.8 Å². The van der Waals surface area contributed by atoms with Crippen LogP contribution in [0.15, 0.2) is 46.9 Å². The fourth-order valence-corrected chi connectivity index (χ4v) is 4.55. The average Bonchev–Trinajstić information content (AvgIpc) is 2.67. The Bertz CT molecular complexity index is 767. The lowest BCUT2D eigenvalue weighted by atomic mass is 9.91. The van der Waals surface area contributed by atoms with Gasteiger partial charge in [-0.25, -0.2) is 4.39 Å². The summed E-state index contributed by atoms with van der Waals surface area (Å²) in [7, 11) is 0. The molecule has 26 heavy (non-hydrogen) atoms. The molecule has 1 saturated heterocycles. The zero-order chi connectivity index (χ0) is 18.1. The predicted octanol–water partition coefficient (Wildman–Crippen LogP) is 4.41. The molecule has 4 rings (SSSR count). The van der Waals surface area contributed by atoms with E-state index in [9.17, 15) is 4.39 Å². The van der Waals surface area contributed by atoms with E-state index in [1.807, 2.05) is 12.1 Å². The lowest BCUT2D eigenvalue weighted by Crippen LogP contribution is -2.56. The zero-order valence-electron chi connectivity index (χ0n) is 15.0. The molecule has 0 aromatic heterocycles. The maximum atomic E-state index is 13.4. The first kappa shape index (κ1) is 18.0. The SMILES string of the molecule is CCN1CCN(c2ccc(F)cc2)C(C2OCCc3cc(Br)ccc32)C1. The summed E-state index contributed by atoms with van der Waals surface area (Å²) in [6, 6.07) is 13.6. The van der Waals surface area contributed by atoms with Crippen LogP contribution in [-0.4, -0.2) is 43.7 Å². The minimum atomic E-state index is -0.193. The number of hydrogen-bond acceptors (Lipinski definition) is 3. The second-order valence-corrected chi connectivity index (χ2v) is 7.93. The molecule has 3 nitrogen and oxygen atoms in total. The van der Waals surface area contributed by atoms with E-state index < -0.39 is 0 Å². The Balaban J connectivity index is 1.69. The van der Waals surface area contributed by atoms with Crippen molar-refractivity contribution in [3.63, 3.8) is 0 Å². The summed E-state index contributed by atoms with van der Waals surface area (Å²) in [4.78, 5) is 4.87. The quantitative estimate of drug-likeness (QED) is 0.733. The van der Waals surface area contributed by atoms with Gasteiger partial charge in [-0.05, 0) is 60.5 Å². The van der Waals surface area contributed by atoms with Gasteiger partial charge >= 0.3 is 0 Å². The van der Waals surface area contributed by atoms with E-state index >= 15 is 0 Å². The highest BCUT2D eigenvalue weighted by atomic mass is 79.9. The van der Waals surface area contributed by atoms with Gasteiger partial charge in [0.1, 0.15) is 11.9 Å². The molecule has 2 unspecified atom stereocenters. The van der Waals surface area contributed by atoms with Crippen molar-refractivity contribution in [2.75, 3.05) is 37.7 Å². The Morgan fingerprint density at radius 1 is 1.15 bits per heavy atom. The normalized spacial score (nSPS) is 23.7. The molecule has 2 aliphatic rings. The summed E-state index contributed by atoms with van der Waals surface area (Å²) in [5.41, 5.74) is 3.72. The number of ether oxygens (including phenoxy) is 1. The lowest BCUT2D eigenvalue weighted by Gasteiger charge is -2.47. The van der Waals surface area contributed by atoms with Gasteiger partial charge in [0.15, 0.2) is 0 Å². The Labute approximate surface area is 162 Å². The van der Waals surface area contributed by atoms with E-state index in [4.69, 9.17) is 4.74 Å². The molecule has 0 N–H and O–H groups in total. The fraction of sp³-hybridized carbons (Fsp3) is 0.429. The summed E-state index contributed by atoms with van der Waals surface area (Å²) in [6.07, 6.45) is 0.984. The van der Waals surface area contributed by atoms with E-state index in [2.05, 4.69) is 50.9 Å². The molecule has 2 atom stereocenters. The fourth-order valence-electron chi connectivity index (χ4n) is 4.14. The number of rotatable bonds is 3. The van der Waals surface area contributed by atoms with Crippen molar-refractivity contribution >= 4 is 21.6 Å². The first-order chi connectivity index (χ1) is 12.7. The van der Waals surface area contributed by atoms with Crippen LogP contribution >= 0.6 is 15.9 Å². The zero-order valence-corrected chi connectivity index (χ0v) is 16.6. The van der Waals surface area contributed by atoms with Crippen molar-refractivity contribution in [1.82, 2.24) is 4.90 Å². The minimum Gasteiger partial charge on any atom is -0.371 e. The topological polar surface area (TPSA) is 15.7 Å². The van der Waals surface area contributed by atoms with E-state index in [1.165, 1.54) is 11.1 Å². The Kier molecular flexibility index (Phi) is 5.30. The summed E-state index contributed by atoms with van der Waals surface area (Å²) in [5.74, 6) is -0.193. The number of likely N-dealkylation sites (N-methyl/N-ethyl adjacent to an activating group) is 1. The first-order valence-electron chi connectivity index (χ1n) is 9.30. The lowest BCUT2D eigenvalue weighted by molar-refractivity contribution is 0.00757. The highest BCUT2D eigenvalue weighted by Crippen LogP contribution is 2.36. The Morgan fingerprint density at radius 3 is 2.73 bits per heavy atom. The number of benzene rings is 2. The molecule has 0 saturated carbocycles. The Morgan fingerprint density at radius 2 is 1.96 bits per heavy atom. The molecule has 5 heteroatoms. The largest absolute Gasteiger partial charge is 0.371 e. The summed E-state index contributed by atoms with van der Waals surface area (Å²) < 4.78 is 20.8. The van der Waals surface area contributed by atoms with Gasteiger partial charge in [-0.2, -0.15) is 0 Å². The standard InChI is InChI=1S/C21H24BrFN2O/c1-2-24-10-11-25(18-6-4-17(23)5-7-18)20(14-24)21-19-8-3-16(22)13-15(19)9-12-26-21/h3-8,13,20-21H,2,9-12,14H2,1H3. The number of anilines is 1. The third-order valence-electron chi connectivity index (χ3n) is 5.54. The minimum absolute atomic E-state index is 0.0336. The Hall–Kier alpha value is -1.43. The smallest absolute Gasteiger partial charge is 0.123 e. The number of nitrogens with zero attached hydrogens (tertiary/aromatic N) is 2. The van der Waals surface area contributed by atoms with E-state index in [0.29, 0.717) is 0 Å². The van der Waals surface area contributed by atoms with Crippen molar-refractivity contribution in [3.8, 4) is 0 Å². The molecule has 0 spiro atoms. The van der Waals surface area contributed by atoms with Crippen LogP contribution < -0.4 is 4.90 Å². The van der Waals surface area contributed by atoms with Crippen LogP contribution in [0.25, 0.3) is 0 Å². The maximum absolute atomic E-state index is 13.4. The number of hydrogen-bond donors (Lipinski definition) is 0. The number of fused-ring (bicyclic) bond motifs is 1. The van der Waals surface area contributed by atoms with E-state index in [0.717, 1.165) is 49.4 Å². The second-order valence-electron chi connectivity index (χ2n) is 7.01. The van der Waals surface area contributed by atoms with Crippen molar-refractivity contribution in [2.45, 2.75) is 25.5 Å². The summed E-state index contributed by atoms with van der Waals surface area (Å²) >= 11 is 3.59. The second kappa shape index (κ2) is 7.67. The predicted molar refractivity (Wildman–Crippen MR) is 106 cm³/mol. The third kappa shape index (κ3) is 3.53. The molecule has 1 fully saturated rings. The van der Waals surface area contributed by atoms with Gasteiger partial charge in [-0.3, -0.25) is 4.90 Å². The molecule has 2 aromatic rings. The van der Waals surface area contributed by atoms with Crippen LogP contribution in [0.2, 0.25) is 0 Å². The molecule has 2 heterocycles. The molecule has 0 amide bonds. The molecular weight excluding hydrogens is 395 g/mol. The molecular formula is C21H24BrFN2O. The highest BCUT2D eigenvalue weighted by molar-refractivity contribution is 9.10. The van der Waals surface area contributed by atoms with Crippen LogP contribution in [0.3, 0.4) is 0 Å². The van der Waals surface area contributed by atoms with E-state index in [-0.39, 0.29) is 18.0 Å². The first-order valence-corrected chi connectivity index (χ1v) is 10.1. The van der Waals surface area contributed by atoms with Crippen LogP contribution in [0.4, 0.5) is 10.1 Å². The number of halogens is 2. The van der Waals surface area contributed by atoms with Gasteiger partial charge in [0.05, 0.1) is 12.6 Å². The third-order valence-corrected chi connectivity index (χ3v) is 6.03. The average molecular weight is 419 g/mol. The number of piperazine rings is 1. The maximum Gasteiger partial charge on any atom is 0.123 e. The molecule has 138 valence electrons. The molecule has 2 aromatic carbocycles. The summed E-state index contributed by atoms with van der Waals surface area (Å²) in [6.45, 7) is 6.88. The van der Waals surface area contributed by atoms with E-state index in [1.54, 1.807) is 12.1 Å². The van der Waals surface area contributed by atoms with Crippen molar-refractivity contribution in [1.29, 1.82) is 0 Å². The molecule has 0 aliphatic carbocycles. The van der Waals surface area contributed by atoms with Crippen LogP contribution in [0.5, 0.6) is 0 Å². The van der Waals surface area contributed by atoms with Gasteiger partial charge in [-0.1, -0.05) is 28.9 Å². The highest BCUT2D eigenvalue weighted by Gasteiger charge is 2.36. The molecule has 2 aliphatic heterocycles. The molecule has 0 radical (unpaired) electrons. The summed E-state index contributed by atoms with van der Waals surface area (Å²) in [5, 5.41) is 0. The van der Waals surface area contributed by atoms with Crippen LogP contribution in [-0.2, 0) is 11.2 Å². The monoisotopic (exact) mass is 418 g/mol. The van der Waals surface area contributed by atoms with Gasteiger partial charge in [-0.15, -0.1) is 0 Å². The van der Waals surface area contributed by atoms with Crippen molar-refractivity contribution in [2.24, 2.45) is 0 Å². The van der Waals surface area contributed by atoms with Gasteiger partial charge in [0.2, 0.25) is 0 Å². The van der Waals surface area contributed by atoms with Crippen LogP contribution in [0, 0.1) is 5.82 Å².